The molecule has 3 aromatic rings. The van der Waals surface area contributed by atoms with Gasteiger partial charge in [-0.15, -0.1) is 6.58 Å². The summed E-state index contributed by atoms with van der Waals surface area (Å²) in [6.07, 6.45) is 3.83. The minimum atomic E-state index is -0.520. The molecule has 0 unspecified atom stereocenters. The number of carbonyl (C=O) groups is 1. The molecule has 4 nitrogen and oxygen atoms in total. The van der Waals surface area contributed by atoms with Crippen LogP contribution in [0.2, 0.25) is 10.0 Å². The number of hydrogen-bond donors (Lipinski definition) is 1. The highest BCUT2D eigenvalue weighted by Gasteiger charge is 2.15. The minimum absolute atomic E-state index is 0.0411. The molecule has 0 saturated carbocycles. The molecule has 0 bridgehead atoms. The van der Waals surface area contributed by atoms with Crippen molar-refractivity contribution in [1.82, 2.24) is 0 Å². The summed E-state index contributed by atoms with van der Waals surface area (Å²) in [6, 6.07) is 18.3. The molecule has 0 heterocycles. The van der Waals surface area contributed by atoms with Gasteiger partial charge in [0.25, 0.3) is 5.91 Å². The Morgan fingerprint density at radius 2 is 1.88 bits per heavy atom. The maximum absolute atomic E-state index is 12.8. The SMILES string of the molecule is C=CCc1cc(/C=C(/C#N)C(=O)Nc2cccc(Cl)c2C)cc(Br)c1OCc1ccccc1Cl. The highest BCUT2D eigenvalue weighted by molar-refractivity contribution is 9.10. The molecule has 7 heteroatoms. The zero-order chi connectivity index (χ0) is 24.7. The second-order valence-corrected chi connectivity index (χ2v) is 9.07. The summed E-state index contributed by atoms with van der Waals surface area (Å²) < 4.78 is 6.76. The van der Waals surface area contributed by atoms with Crippen molar-refractivity contribution in [3.05, 3.63) is 110 Å². The zero-order valence-corrected chi connectivity index (χ0v) is 21.5. The Labute approximate surface area is 217 Å². The van der Waals surface area contributed by atoms with Crippen molar-refractivity contribution in [3.8, 4) is 11.8 Å². The third-order valence-electron chi connectivity index (χ3n) is 5.03. The molecule has 3 aromatic carbocycles. The van der Waals surface area contributed by atoms with Gasteiger partial charge in [-0.25, -0.2) is 0 Å². The van der Waals surface area contributed by atoms with Gasteiger partial charge in [-0.1, -0.05) is 53.5 Å². The van der Waals surface area contributed by atoms with Gasteiger partial charge in [0.15, 0.2) is 0 Å². The molecule has 0 saturated heterocycles. The van der Waals surface area contributed by atoms with Crippen LogP contribution in [0.15, 0.2) is 77.3 Å². The van der Waals surface area contributed by atoms with Crippen LogP contribution in [0.25, 0.3) is 6.08 Å². The molecule has 1 N–H and O–H groups in total. The third kappa shape index (κ3) is 6.30. The van der Waals surface area contributed by atoms with Gasteiger partial charge in [0.05, 0.1) is 4.47 Å². The van der Waals surface area contributed by atoms with Crippen LogP contribution in [0, 0.1) is 18.3 Å². The number of nitriles is 1. The van der Waals surface area contributed by atoms with Crippen molar-refractivity contribution < 1.29 is 9.53 Å². The van der Waals surface area contributed by atoms with Crippen LogP contribution >= 0.6 is 39.1 Å². The van der Waals surface area contributed by atoms with Crippen molar-refractivity contribution in [2.45, 2.75) is 20.0 Å². The molecule has 34 heavy (non-hydrogen) atoms. The first-order valence-corrected chi connectivity index (χ1v) is 11.9. The fourth-order valence-corrected chi connectivity index (χ4v) is 4.24. The van der Waals surface area contributed by atoms with Crippen LogP contribution in [0.3, 0.4) is 0 Å². The third-order valence-corrected chi connectivity index (χ3v) is 6.40. The van der Waals surface area contributed by atoms with E-state index in [4.69, 9.17) is 27.9 Å². The summed E-state index contributed by atoms with van der Waals surface area (Å²) in [6.45, 7) is 5.92. The number of amides is 1. The highest BCUT2D eigenvalue weighted by Crippen LogP contribution is 2.34. The second-order valence-electron chi connectivity index (χ2n) is 7.40. The van der Waals surface area contributed by atoms with Crippen LogP contribution in [-0.2, 0) is 17.8 Å². The van der Waals surface area contributed by atoms with E-state index in [1.54, 1.807) is 37.3 Å². The van der Waals surface area contributed by atoms with Gasteiger partial charge in [-0.2, -0.15) is 5.26 Å². The van der Waals surface area contributed by atoms with Crippen LogP contribution in [0.1, 0.15) is 22.3 Å². The molecule has 0 aliphatic carbocycles. The van der Waals surface area contributed by atoms with E-state index in [2.05, 4.69) is 27.8 Å². The van der Waals surface area contributed by atoms with Crippen LogP contribution in [0.5, 0.6) is 5.75 Å². The van der Waals surface area contributed by atoms with Crippen molar-refractivity contribution in [1.29, 1.82) is 5.26 Å². The largest absolute Gasteiger partial charge is 0.487 e. The standard InChI is InChI=1S/C27H21BrCl2N2O2/c1-3-7-19-12-18(14-22(28)26(19)34-16-20-8-4-5-9-24(20)30)13-21(15-31)27(33)32-25-11-6-10-23(29)17(25)2/h3-6,8-14H,1,7,16H2,2H3,(H,32,33)/b21-13-. The number of nitrogens with one attached hydrogen (secondary N) is 1. The highest BCUT2D eigenvalue weighted by atomic mass is 79.9. The number of nitrogens with zero attached hydrogens (tertiary/aromatic N) is 1. The lowest BCUT2D eigenvalue weighted by atomic mass is 10.0. The molecule has 1 amide bonds. The van der Waals surface area contributed by atoms with Crippen molar-refractivity contribution in [3.63, 3.8) is 0 Å². The number of ether oxygens (including phenoxy) is 1. The summed E-state index contributed by atoms with van der Waals surface area (Å²) in [5, 5.41) is 13.5. The predicted octanol–water partition coefficient (Wildman–Crippen LogP) is 7.92. The van der Waals surface area contributed by atoms with E-state index in [0.29, 0.717) is 44.5 Å². The first-order valence-electron chi connectivity index (χ1n) is 10.3. The zero-order valence-electron chi connectivity index (χ0n) is 18.4. The average molecular weight is 556 g/mol. The van der Waals surface area contributed by atoms with Gasteiger partial charge in [-0.3, -0.25) is 4.79 Å². The van der Waals surface area contributed by atoms with Gasteiger partial charge in [0.2, 0.25) is 0 Å². The summed E-state index contributed by atoms with van der Waals surface area (Å²) in [7, 11) is 0. The molecule has 0 aromatic heterocycles. The average Bonchev–Trinajstić information content (AvgIpc) is 2.81. The molecule has 3 rings (SSSR count). The monoisotopic (exact) mass is 554 g/mol. The Kier molecular flexibility index (Phi) is 8.95. The van der Waals surface area contributed by atoms with Crippen LogP contribution in [-0.4, -0.2) is 5.91 Å². The van der Waals surface area contributed by atoms with E-state index in [9.17, 15) is 10.1 Å². The fourth-order valence-electron chi connectivity index (χ4n) is 3.24. The first-order chi connectivity index (χ1) is 16.3. The van der Waals surface area contributed by atoms with Crippen molar-refractivity contribution in [2.24, 2.45) is 0 Å². The number of benzene rings is 3. The van der Waals surface area contributed by atoms with E-state index in [1.807, 2.05) is 36.4 Å². The maximum Gasteiger partial charge on any atom is 0.266 e. The van der Waals surface area contributed by atoms with Gasteiger partial charge >= 0.3 is 0 Å². The van der Waals surface area contributed by atoms with Crippen molar-refractivity contribution >= 4 is 56.8 Å². The van der Waals surface area contributed by atoms with Gasteiger partial charge in [-0.05, 0) is 82.4 Å². The molecular formula is C27H21BrCl2N2O2. The predicted molar refractivity (Wildman–Crippen MR) is 142 cm³/mol. The Bertz CT molecular complexity index is 1310. The lowest BCUT2D eigenvalue weighted by molar-refractivity contribution is -0.112. The first kappa shape index (κ1) is 25.6. The van der Waals surface area contributed by atoms with E-state index >= 15 is 0 Å². The number of hydrogen-bond acceptors (Lipinski definition) is 3. The molecule has 0 aliphatic rings. The lowest BCUT2D eigenvalue weighted by Gasteiger charge is -2.15. The second kappa shape index (κ2) is 11.9. The Morgan fingerprint density at radius 3 is 2.59 bits per heavy atom. The van der Waals surface area contributed by atoms with Gasteiger partial charge in [0.1, 0.15) is 24.0 Å². The summed E-state index contributed by atoms with van der Waals surface area (Å²) in [4.78, 5) is 12.8. The molecule has 0 atom stereocenters. The Balaban J connectivity index is 1.88. The van der Waals surface area contributed by atoms with E-state index in [1.165, 1.54) is 6.08 Å². The fraction of sp³-hybridized carbons (Fsp3) is 0.111. The number of carbonyl (C=O) groups excluding carboxylic acids is 1. The topological polar surface area (TPSA) is 62.1 Å². The summed E-state index contributed by atoms with van der Waals surface area (Å²) in [5.41, 5.74) is 3.63. The summed E-state index contributed by atoms with van der Waals surface area (Å²) >= 11 is 15.9. The number of allylic oxidation sites excluding steroid dienone is 1. The smallest absolute Gasteiger partial charge is 0.266 e. The molecule has 0 spiro atoms. The number of rotatable bonds is 8. The Hall–Kier alpha value is -3.04. The van der Waals surface area contributed by atoms with E-state index < -0.39 is 5.91 Å². The van der Waals surface area contributed by atoms with Crippen LogP contribution < -0.4 is 10.1 Å². The molecule has 0 radical (unpaired) electrons. The van der Waals surface area contributed by atoms with E-state index in [-0.39, 0.29) is 5.57 Å². The van der Waals surface area contributed by atoms with E-state index in [0.717, 1.165) is 16.7 Å². The molecule has 0 aliphatic heterocycles. The normalized spacial score (nSPS) is 11.0. The lowest BCUT2D eigenvalue weighted by Crippen LogP contribution is -2.14. The maximum atomic E-state index is 12.8. The minimum Gasteiger partial charge on any atom is -0.487 e. The number of halogens is 3. The van der Waals surface area contributed by atoms with Gasteiger partial charge < -0.3 is 10.1 Å². The Morgan fingerprint density at radius 1 is 1.15 bits per heavy atom. The molecule has 0 fully saturated rings. The number of anilines is 1. The molecular weight excluding hydrogens is 535 g/mol. The summed E-state index contributed by atoms with van der Waals surface area (Å²) in [5.74, 6) is 0.128. The van der Waals surface area contributed by atoms with Gasteiger partial charge in [0, 0.05) is 21.3 Å². The van der Waals surface area contributed by atoms with Crippen molar-refractivity contribution in [2.75, 3.05) is 5.32 Å². The quantitative estimate of drug-likeness (QED) is 0.174. The molecule has 172 valence electrons. The van der Waals surface area contributed by atoms with Crippen LogP contribution in [0.4, 0.5) is 5.69 Å².